The molecular formula is C53H31N3OS. The Balaban J connectivity index is 1.08. The number of hydrogen-bond donors (Lipinski definition) is 0. The predicted molar refractivity (Wildman–Crippen MR) is 242 cm³/mol. The van der Waals surface area contributed by atoms with Gasteiger partial charge in [0.15, 0.2) is 17.5 Å². The Bertz CT molecular complexity index is 3590. The van der Waals surface area contributed by atoms with Gasteiger partial charge in [-0.3, -0.25) is 0 Å². The second kappa shape index (κ2) is 13.1. The SMILES string of the molecule is c1ccc(-c2cccc3c2sc2c(-c4cc(-c5nc(-c6ccc7ccccc7c6)nc(-c6ccc7c(c6)oc6ccccc67)n5)cc5ccccc45)cccc23)cc1. The molecule has 0 atom stereocenters. The Labute approximate surface area is 337 Å². The van der Waals surface area contributed by atoms with Crippen LogP contribution in [-0.4, -0.2) is 15.0 Å². The Morgan fingerprint density at radius 1 is 0.310 bits per heavy atom. The number of rotatable bonds is 5. The molecule has 0 aliphatic heterocycles. The summed E-state index contributed by atoms with van der Waals surface area (Å²) in [5, 5.41) is 9.28. The third kappa shape index (κ3) is 5.32. The first kappa shape index (κ1) is 32.7. The molecule has 5 heteroatoms. The zero-order valence-electron chi connectivity index (χ0n) is 31.1. The molecule has 0 spiro atoms. The monoisotopic (exact) mass is 757 g/mol. The van der Waals surface area contributed by atoms with Crippen molar-refractivity contribution in [3.8, 4) is 56.4 Å². The zero-order valence-corrected chi connectivity index (χ0v) is 31.9. The van der Waals surface area contributed by atoms with E-state index in [0.717, 1.165) is 55.0 Å². The number of aromatic nitrogens is 3. The lowest BCUT2D eigenvalue weighted by molar-refractivity contribution is 0.669. The van der Waals surface area contributed by atoms with Gasteiger partial charge in [-0.15, -0.1) is 11.3 Å². The highest BCUT2D eigenvalue weighted by molar-refractivity contribution is 7.26. The third-order valence-corrected chi connectivity index (χ3v) is 12.6. The van der Waals surface area contributed by atoms with Crippen LogP contribution in [0.25, 0.3) is 120 Å². The maximum Gasteiger partial charge on any atom is 0.164 e. The number of para-hydroxylation sites is 1. The second-order valence-corrected chi connectivity index (χ2v) is 15.8. The number of furan rings is 1. The van der Waals surface area contributed by atoms with E-state index in [9.17, 15) is 0 Å². The molecular weight excluding hydrogens is 727 g/mol. The van der Waals surface area contributed by atoms with Crippen LogP contribution in [0.1, 0.15) is 0 Å². The second-order valence-electron chi connectivity index (χ2n) is 14.8. The summed E-state index contributed by atoms with van der Waals surface area (Å²) < 4.78 is 8.88. The van der Waals surface area contributed by atoms with Crippen molar-refractivity contribution in [3.63, 3.8) is 0 Å². The maximum atomic E-state index is 6.32. The molecule has 0 saturated heterocycles. The number of hydrogen-bond acceptors (Lipinski definition) is 5. The third-order valence-electron chi connectivity index (χ3n) is 11.3. The first-order valence-electron chi connectivity index (χ1n) is 19.4. The summed E-state index contributed by atoms with van der Waals surface area (Å²) >= 11 is 1.87. The van der Waals surface area contributed by atoms with Crippen LogP contribution in [0.2, 0.25) is 0 Å². The summed E-state index contributed by atoms with van der Waals surface area (Å²) in [6.45, 7) is 0. The Kier molecular flexibility index (Phi) is 7.37. The molecule has 0 aliphatic carbocycles. The van der Waals surface area contributed by atoms with Gasteiger partial charge in [0.1, 0.15) is 11.2 Å². The van der Waals surface area contributed by atoms with Crippen molar-refractivity contribution >= 4 is 75.0 Å². The first-order chi connectivity index (χ1) is 28.7. The quantitative estimate of drug-likeness (QED) is 0.175. The molecule has 12 aromatic rings. The normalized spacial score (nSPS) is 11.8. The van der Waals surface area contributed by atoms with Gasteiger partial charge < -0.3 is 4.42 Å². The van der Waals surface area contributed by atoms with Gasteiger partial charge in [0.25, 0.3) is 0 Å². The van der Waals surface area contributed by atoms with E-state index < -0.39 is 0 Å². The van der Waals surface area contributed by atoms with E-state index in [2.05, 4.69) is 170 Å². The molecule has 0 unspecified atom stereocenters. The maximum absolute atomic E-state index is 6.32. The van der Waals surface area contributed by atoms with Crippen molar-refractivity contribution in [2.24, 2.45) is 0 Å². The summed E-state index contributed by atoms with van der Waals surface area (Å²) in [5.74, 6) is 1.82. The molecule has 0 N–H and O–H groups in total. The van der Waals surface area contributed by atoms with Gasteiger partial charge in [0.2, 0.25) is 0 Å². The van der Waals surface area contributed by atoms with Gasteiger partial charge in [0, 0.05) is 53.2 Å². The number of nitrogens with zero attached hydrogens (tertiary/aromatic N) is 3. The lowest BCUT2D eigenvalue weighted by Crippen LogP contribution is -2.00. The standard InChI is InChI=1S/C53H31N3OS/c1-2-13-33(14-3-1)40-19-10-20-43-44-21-11-22-45(50(44)58-49(40)43)46-30-38(29-35-16-6-7-17-39(35)46)53-55-51(36-25-24-32-12-4-5-15-34(32)28-36)54-52(56-53)37-26-27-42-41-18-8-9-23-47(41)57-48(42)31-37/h1-31H. The van der Waals surface area contributed by atoms with Gasteiger partial charge in [0.05, 0.1) is 0 Å². The van der Waals surface area contributed by atoms with Crippen LogP contribution < -0.4 is 0 Å². The molecule has 4 nitrogen and oxygen atoms in total. The minimum Gasteiger partial charge on any atom is -0.456 e. The molecule has 58 heavy (non-hydrogen) atoms. The molecule has 12 rings (SSSR count). The first-order valence-corrected chi connectivity index (χ1v) is 20.2. The van der Waals surface area contributed by atoms with Gasteiger partial charge in [-0.2, -0.15) is 0 Å². The Morgan fingerprint density at radius 3 is 1.69 bits per heavy atom. The lowest BCUT2D eigenvalue weighted by atomic mass is 9.94. The highest BCUT2D eigenvalue weighted by atomic mass is 32.1. The van der Waals surface area contributed by atoms with E-state index in [1.165, 1.54) is 47.6 Å². The van der Waals surface area contributed by atoms with E-state index >= 15 is 0 Å². The van der Waals surface area contributed by atoms with Gasteiger partial charge >= 0.3 is 0 Å². The minimum absolute atomic E-state index is 0.588. The topological polar surface area (TPSA) is 51.8 Å². The number of fused-ring (bicyclic) bond motifs is 8. The smallest absolute Gasteiger partial charge is 0.164 e. The summed E-state index contributed by atoms with van der Waals surface area (Å²) in [4.78, 5) is 15.6. The summed E-state index contributed by atoms with van der Waals surface area (Å²) in [6, 6.07) is 66.3. The lowest BCUT2D eigenvalue weighted by Gasteiger charge is -2.13. The van der Waals surface area contributed by atoms with E-state index in [0.29, 0.717) is 17.5 Å². The van der Waals surface area contributed by atoms with Gasteiger partial charge in [-0.25, -0.2) is 15.0 Å². The van der Waals surface area contributed by atoms with Crippen molar-refractivity contribution in [1.82, 2.24) is 15.0 Å². The van der Waals surface area contributed by atoms with Crippen molar-refractivity contribution < 1.29 is 4.42 Å². The average molecular weight is 758 g/mol. The summed E-state index contributed by atoms with van der Waals surface area (Å²) in [6.07, 6.45) is 0. The molecule has 270 valence electrons. The molecule has 3 aromatic heterocycles. The van der Waals surface area contributed by atoms with Crippen LogP contribution in [0.4, 0.5) is 0 Å². The molecule has 0 aliphatic rings. The Morgan fingerprint density at radius 2 is 0.879 bits per heavy atom. The van der Waals surface area contributed by atoms with Crippen LogP contribution >= 0.6 is 11.3 Å². The summed E-state index contributed by atoms with van der Waals surface area (Å²) in [5.41, 5.74) is 9.18. The van der Waals surface area contributed by atoms with E-state index in [-0.39, 0.29) is 0 Å². The summed E-state index contributed by atoms with van der Waals surface area (Å²) in [7, 11) is 0. The molecule has 0 fully saturated rings. The van der Waals surface area contributed by atoms with Crippen molar-refractivity contribution in [2.45, 2.75) is 0 Å². The fourth-order valence-corrected chi connectivity index (χ4v) is 9.86. The van der Waals surface area contributed by atoms with Crippen LogP contribution in [-0.2, 0) is 0 Å². The van der Waals surface area contributed by atoms with Crippen LogP contribution in [0.15, 0.2) is 192 Å². The van der Waals surface area contributed by atoms with Crippen molar-refractivity contribution in [3.05, 3.63) is 188 Å². The van der Waals surface area contributed by atoms with Gasteiger partial charge in [-0.1, -0.05) is 152 Å². The fourth-order valence-electron chi connectivity index (χ4n) is 8.50. The minimum atomic E-state index is 0.588. The van der Waals surface area contributed by atoms with E-state index in [1.54, 1.807) is 0 Å². The highest BCUT2D eigenvalue weighted by Gasteiger charge is 2.19. The highest BCUT2D eigenvalue weighted by Crippen LogP contribution is 2.46. The van der Waals surface area contributed by atoms with Gasteiger partial charge in [-0.05, 0) is 74.6 Å². The molecule has 0 bridgehead atoms. The fraction of sp³-hybridized carbons (Fsp3) is 0. The molecule has 9 aromatic carbocycles. The van der Waals surface area contributed by atoms with Crippen LogP contribution in [0.5, 0.6) is 0 Å². The molecule has 0 saturated carbocycles. The Hall–Kier alpha value is -7.47. The van der Waals surface area contributed by atoms with Crippen LogP contribution in [0.3, 0.4) is 0 Å². The van der Waals surface area contributed by atoms with E-state index in [4.69, 9.17) is 19.4 Å². The number of benzene rings is 9. The zero-order chi connectivity index (χ0) is 38.2. The number of thiophene rings is 1. The molecule has 0 radical (unpaired) electrons. The van der Waals surface area contributed by atoms with Crippen molar-refractivity contribution in [2.75, 3.05) is 0 Å². The largest absolute Gasteiger partial charge is 0.456 e. The predicted octanol–water partition coefficient (Wildman–Crippen LogP) is 14.8. The molecule has 3 heterocycles. The van der Waals surface area contributed by atoms with Crippen LogP contribution in [0, 0.1) is 0 Å². The average Bonchev–Trinajstić information content (AvgIpc) is 3.87. The molecule has 0 amide bonds. The van der Waals surface area contributed by atoms with Crippen molar-refractivity contribution in [1.29, 1.82) is 0 Å². The van der Waals surface area contributed by atoms with E-state index in [1.807, 2.05) is 29.5 Å².